The van der Waals surface area contributed by atoms with Crippen LogP contribution in [0.3, 0.4) is 0 Å². The zero-order chi connectivity index (χ0) is 16.2. The number of benzene rings is 1. The fraction of sp³-hybridized carbons (Fsp3) is 0.267. The lowest BCUT2D eigenvalue weighted by molar-refractivity contribution is 0.414. The van der Waals surface area contributed by atoms with E-state index in [1.807, 2.05) is 12.1 Å². The second kappa shape index (κ2) is 6.93. The highest BCUT2D eigenvalue weighted by Crippen LogP contribution is 2.18. The molecular weight excluding hydrogens is 320 g/mol. The van der Waals surface area contributed by atoms with Gasteiger partial charge in [-0.2, -0.15) is 18.4 Å². The van der Waals surface area contributed by atoms with Crippen LogP contribution in [0.4, 0.5) is 0 Å². The summed E-state index contributed by atoms with van der Waals surface area (Å²) in [5, 5.41) is 3.99. The van der Waals surface area contributed by atoms with Gasteiger partial charge in [0.1, 0.15) is 5.75 Å². The van der Waals surface area contributed by atoms with E-state index >= 15 is 0 Å². The Morgan fingerprint density at radius 2 is 1.91 bits per heavy atom. The molecule has 2 aromatic rings. The molecule has 1 aromatic heterocycles. The van der Waals surface area contributed by atoms with Crippen molar-refractivity contribution < 1.29 is 13.2 Å². The Bertz CT molecular complexity index is 762. The van der Waals surface area contributed by atoms with Gasteiger partial charge in [-0.3, -0.25) is 0 Å². The van der Waals surface area contributed by atoms with Crippen molar-refractivity contribution in [1.29, 1.82) is 0 Å². The van der Waals surface area contributed by atoms with Crippen LogP contribution >= 0.6 is 11.3 Å². The third kappa shape index (κ3) is 3.86. The molecule has 0 amide bonds. The molecule has 0 saturated carbocycles. The Kier molecular flexibility index (Phi) is 5.20. The lowest BCUT2D eigenvalue weighted by Gasteiger charge is -2.05. The first-order chi connectivity index (χ1) is 10.5. The SMILES string of the molecule is CCc1ccc(/C(C)=N\NS(=O)(=O)c2ccc(OC)cc2)s1. The number of nitrogens with one attached hydrogen (secondary N) is 1. The van der Waals surface area contributed by atoms with Gasteiger partial charge in [-0.15, -0.1) is 11.3 Å². The summed E-state index contributed by atoms with van der Waals surface area (Å²) >= 11 is 1.61. The molecule has 1 aromatic carbocycles. The predicted octanol–water partition coefficient (Wildman–Crippen LogP) is 3.02. The third-order valence-corrected chi connectivity index (χ3v) is 5.63. The van der Waals surface area contributed by atoms with Crippen LogP contribution in [0.5, 0.6) is 5.75 Å². The molecule has 0 unspecified atom stereocenters. The predicted molar refractivity (Wildman–Crippen MR) is 89.2 cm³/mol. The maximum atomic E-state index is 12.2. The average Bonchev–Trinajstić information content (AvgIpc) is 3.02. The summed E-state index contributed by atoms with van der Waals surface area (Å²) in [7, 11) is -2.15. The summed E-state index contributed by atoms with van der Waals surface area (Å²) < 4.78 is 29.4. The number of thiophene rings is 1. The van der Waals surface area contributed by atoms with Crippen molar-refractivity contribution >= 4 is 27.1 Å². The number of rotatable bonds is 6. The molecule has 1 heterocycles. The van der Waals surface area contributed by atoms with Crippen molar-refractivity contribution in [3.05, 3.63) is 46.2 Å². The lowest BCUT2D eigenvalue weighted by atomic mass is 10.3. The topological polar surface area (TPSA) is 67.8 Å². The highest BCUT2D eigenvalue weighted by Gasteiger charge is 2.13. The van der Waals surface area contributed by atoms with Gasteiger partial charge >= 0.3 is 0 Å². The van der Waals surface area contributed by atoms with Crippen LogP contribution in [-0.4, -0.2) is 21.2 Å². The first-order valence-electron chi connectivity index (χ1n) is 6.75. The van der Waals surface area contributed by atoms with E-state index in [4.69, 9.17) is 4.74 Å². The number of hydrogen-bond acceptors (Lipinski definition) is 5. The van der Waals surface area contributed by atoms with Gasteiger partial charge in [0.15, 0.2) is 0 Å². The molecule has 0 aliphatic carbocycles. The van der Waals surface area contributed by atoms with Gasteiger partial charge in [0.2, 0.25) is 0 Å². The van der Waals surface area contributed by atoms with Crippen molar-refractivity contribution in [1.82, 2.24) is 4.83 Å². The number of nitrogens with zero attached hydrogens (tertiary/aromatic N) is 1. The van der Waals surface area contributed by atoms with E-state index < -0.39 is 10.0 Å². The van der Waals surface area contributed by atoms with Crippen molar-refractivity contribution in [2.24, 2.45) is 5.10 Å². The second-order valence-corrected chi connectivity index (χ2v) is 7.42. The number of hydrazone groups is 1. The Labute approximate surface area is 134 Å². The molecule has 0 bridgehead atoms. The van der Waals surface area contributed by atoms with Gasteiger partial charge in [-0.25, -0.2) is 0 Å². The minimum absolute atomic E-state index is 0.144. The zero-order valence-corrected chi connectivity index (χ0v) is 14.3. The largest absolute Gasteiger partial charge is 0.497 e. The first kappa shape index (κ1) is 16.5. The van der Waals surface area contributed by atoms with Crippen molar-refractivity contribution in [2.45, 2.75) is 25.2 Å². The van der Waals surface area contributed by atoms with Crippen LogP contribution in [0, 0.1) is 0 Å². The summed E-state index contributed by atoms with van der Waals surface area (Å²) in [5.41, 5.74) is 0.641. The van der Waals surface area contributed by atoms with E-state index in [9.17, 15) is 8.42 Å². The Morgan fingerprint density at radius 1 is 1.23 bits per heavy atom. The van der Waals surface area contributed by atoms with Crippen LogP contribution in [0.15, 0.2) is 46.4 Å². The standard InChI is InChI=1S/C15H18N2O3S2/c1-4-13-7-10-15(21-13)11(2)16-17-22(18,19)14-8-5-12(20-3)6-9-14/h5-10,17H,4H2,1-3H3/b16-11-. The van der Waals surface area contributed by atoms with E-state index in [2.05, 4.69) is 16.9 Å². The second-order valence-electron chi connectivity index (χ2n) is 4.59. The quantitative estimate of drug-likeness (QED) is 0.650. The van der Waals surface area contributed by atoms with Gasteiger partial charge in [0, 0.05) is 4.88 Å². The normalized spacial score (nSPS) is 12.2. The van der Waals surface area contributed by atoms with Gasteiger partial charge < -0.3 is 4.74 Å². The number of hydrogen-bond donors (Lipinski definition) is 1. The van der Waals surface area contributed by atoms with Gasteiger partial charge in [0.05, 0.1) is 22.6 Å². The van der Waals surface area contributed by atoms with Crippen LogP contribution in [-0.2, 0) is 16.4 Å². The molecular formula is C15H18N2O3S2. The molecule has 7 heteroatoms. The maximum Gasteiger partial charge on any atom is 0.276 e. The Balaban J connectivity index is 2.15. The summed E-state index contributed by atoms with van der Waals surface area (Å²) in [6.07, 6.45) is 0.954. The number of sulfonamides is 1. The van der Waals surface area contributed by atoms with Gasteiger partial charge in [0.25, 0.3) is 10.0 Å². The van der Waals surface area contributed by atoms with Crippen LogP contribution in [0.25, 0.3) is 0 Å². The molecule has 118 valence electrons. The zero-order valence-electron chi connectivity index (χ0n) is 12.7. The van der Waals surface area contributed by atoms with Crippen molar-refractivity contribution in [3.8, 4) is 5.75 Å². The average molecular weight is 338 g/mol. The third-order valence-electron chi connectivity index (χ3n) is 3.07. The summed E-state index contributed by atoms with van der Waals surface area (Å²) in [4.78, 5) is 4.60. The van der Waals surface area contributed by atoms with Crippen LogP contribution in [0.1, 0.15) is 23.6 Å². The Hall–Kier alpha value is -1.86. The van der Waals surface area contributed by atoms with Gasteiger partial charge in [-0.05, 0) is 49.7 Å². The molecule has 22 heavy (non-hydrogen) atoms. The molecule has 0 saturated heterocycles. The van der Waals surface area contributed by atoms with Crippen LogP contribution < -0.4 is 9.57 Å². The maximum absolute atomic E-state index is 12.2. The number of aryl methyl sites for hydroxylation is 1. The Morgan fingerprint density at radius 3 is 2.45 bits per heavy atom. The smallest absolute Gasteiger partial charge is 0.276 e. The molecule has 0 aliphatic heterocycles. The van der Waals surface area contributed by atoms with E-state index in [1.165, 1.54) is 24.1 Å². The highest BCUT2D eigenvalue weighted by molar-refractivity contribution is 7.89. The summed E-state index contributed by atoms with van der Waals surface area (Å²) in [5.74, 6) is 0.601. The molecule has 2 rings (SSSR count). The monoisotopic (exact) mass is 338 g/mol. The minimum atomic E-state index is -3.68. The van der Waals surface area contributed by atoms with Crippen molar-refractivity contribution in [3.63, 3.8) is 0 Å². The van der Waals surface area contributed by atoms with Gasteiger partial charge in [-0.1, -0.05) is 6.92 Å². The first-order valence-corrected chi connectivity index (χ1v) is 9.05. The van der Waals surface area contributed by atoms with Crippen LogP contribution in [0.2, 0.25) is 0 Å². The molecule has 0 aliphatic rings. The van der Waals surface area contributed by atoms with E-state index in [0.717, 1.165) is 11.3 Å². The molecule has 5 nitrogen and oxygen atoms in total. The van der Waals surface area contributed by atoms with E-state index in [0.29, 0.717) is 11.5 Å². The summed E-state index contributed by atoms with van der Waals surface area (Å²) in [6.45, 7) is 3.86. The number of methoxy groups -OCH3 is 1. The molecule has 0 fully saturated rings. The minimum Gasteiger partial charge on any atom is -0.497 e. The van der Waals surface area contributed by atoms with E-state index in [-0.39, 0.29) is 4.90 Å². The lowest BCUT2D eigenvalue weighted by Crippen LogP contribution is -2.19. The molecule has 0 spiro atoms. The fourth-order valence-electron chi connectivity index (χ4n) is 1.75. The van der Waals surface area contributed by atoms with Crippen molar-refractivity contribution in [2.75, 3.05) is 7.11 Å². The summed E-state index contributed by atoms with van der Waals surface area (Å²) in [6, 6.07) is 10.1. The molecule has 1 N–H and O–H groups in total. The highest BCUT2D eigenvalue weighted by atomic mass is 32.2. The molecule has 0 radical (unpaired) electrons. The molecule has 0 atom stereocenters. The number of ether oxygens (including phenoxy) is 1. The fourth-order valence-corrected chi connectivity index (χ4v) is 3.50. The van der Waals surface area contributed by atoms with E-state index in [1.54, 1.807) is 30.4 Å².